The number of nitrogens with two attached hydrogens (primary N) is 1. The van der Waals surface area contributed by atoms with E-state index in [2.05, 4.69) is 10.3 Å². The van der Waals surface area contributed by atoms with E-state index in [1.54, 1.807) is 6.07 Å². The first-order chi connectivity index (χ1) is 7.29. The van der Waals surface area contributed by atoms with Gasteiger partial charge in [-0.3, -0.25) is 4.79 Å². The highest BCUT2D eigenvalue weighted by atomic mass is 16.2. The first-order valence-electron chi connectivity index (χ1n) is 5.26. The summed E-state index contributed by atoms with van der Waals surface area (Å²) in [6, 6.07) is 5.49. The topological polar surface area (TPSA) is 68.0 Å². The highest BCUT2D eigenvalue weighted by molar-refractivity contribution is 5.92. The lowest BCUT2D eigenvalue weighted by Crippen LogP contribution is -2.28. The molecule has 0 radical (unpaired) electrons. The highest BCUT2D eigenvalue weighted by Crippen LogP contribution is 2.27. The average molecular weight is 205 g/mol. The Hall–Kier alpha value is -1.42. The van der Waals surface area contributed by atoms with Gasteiger partial charge < -0.3 is 11.1 Å². The van der Waals surface area contributed by atoms with E-state index in [9.17, 15) is 4.79 Å². The van der Waals surface area contributed by atoms with Crippen LogP contribution in [0.2, 0.25) is 0 Å². The Morgan fingerprint density at radius 1 is 1.53 bits per heavy atom. The third kappa shape index (κ3) is 2.33. The number of amides is 1. The number of rotatable bonds is 3. The zero-order valence-corrected chi connectivity index (χ0v) is 8.57. The summed E-state index contributed by atoms with van der Waals surface area (Å²) >= 11 is 0. The van der Waals surface area contributed by atoms with Crippen LogP contribution in [0.5, 0.6) is 0 Å². The fraction of sp³-hybridized carbons (Fsp3) is 0.455. The molecule has 1 aliphatic rings. The van der Waals surface area contributed by atoms with Crippen LogP contribution in [0.25, 0.3) is 0 Å². The quantitative estimate of drug-likeness (QED) is 0.781. The van der Waals surface area contributed by atoms with E-state index in [1.165, 1.54) is 0 Å². The van der Waals surface area contributed by atoms with Gasteiger partial charge in [-0.2, -0.15) is 0 Å². The summed E-state index contributed by atoms with van der Waals surface area (Å²) in [4.78, 5) is 15.8. The van der Waals surface area contributed by atoms with Gasteiger partial charge in [0.2, 0.25) is 5.91 Å². The largest absolute Gasteiger partial charge is 0.325 e. The molecule has 0 saturated heterocycles. The predicted octanol–water partition coefficient (Wildman–Crippen LogP) is 1.28. The van der Waals surface area contributed by atoms with Crippen molar-refractivity contribution in [2.24, 2.45) is 11.7 Å². The van der Waals surface area contributed by atoms with E-state index in [-0.39, 0.29) is 11.8 Å². The summed E-state index contributed by atoms with van der Waals surface area (Å²) in [5.41, 5.74) is 6.26. The Labute approximate surface area is 88.9 Å². The van der Waals surface area contributed by atoms with Crippen LogP contribution in [0.3, 0.4) is 0 Å². The van der Waals surface area contributed by atoms with Crippen LogP contribution in [0.15, 0.2) is 18.2 Å². The molecule has 0 atom stereocenters. The van der Waals surface area contributed by atoms with Crippen molar-refractivity contribution in [2.75, 3.05) is 5.32 Å². The maximum atomic E-state index is 11.6. The minimum Gasteiger partial charge on any atom is -0.325 e. The smallest absolute Gasteiger partial charge is 0.228 e. The monoisotopic (exact) mass is 205 g/mol. The zero-order valence-electron chi connectivity index (χ0n) is 8.57. The Kier molecular flexibility index (Phi) is 2.97. The minimum absolute atomic E-state index is 0.0860. The van der Waals surface area contributed by atoms with E-state index < -0.39 is 0 Å². The molecule has 1 amide bonds. The van der Waals surface area contributed by atoms with Gasteiger partial charge in [0, 0.05) is 12.5 Å². The third-order valence-corrected chi connectivity index (χ3v) is 2.74. The van der Waals surface area contributed by atoms with Crippen LogP contribution in [0, 0.1) is 5.92 Å². The molecule has 1 heterocycles. The summed E-state index contributed by atoms with van der Waals surface area (Å²) in [5.74, 6) is 0.881. The molecule has 1 aliphatic carbocycles. The fourth-order valence-corrected chi connectivity index (χ4v) is 1.56. The number of carbonyl (C=O) groups excluding carboxylic acids is 1. The van der Waals surface area contributed by atoms with Crippen LogP contribution in [-0.2, 0) is 11.3 Å². The molecule has 0 aromatic carbocycles. The van der Waals surface area contributed by atoms with Crippen LogP contribution in [0.1, 0.15) is 25.0 Å². The molecule has 3 N–H and O–H groups in total. The second kappa shape index (κ2) is 4.40. The van der Waals surface area contributed by atoms with E-state index in [0.29, 0.717) is 12.4 Å². The van der Waals surface area contributed by atoms with Gasteiger partial charge in [0.25, 0.3) is 0 Å². The van der Waals surface area contributed by atoms with E-state index in [4.69, 9.17) is 5.73 Å². The molecule has 80 valence electrons. The van der Waals surface area contributed by atoms with Crippen LogP contribution < -0.4 is 11.1 Å². The highest BCUT2D eigenvalue weighted by Gasteiger charge is 2.25. The number of carbonyl (C=O) groups is 1. The van der Waals surface area contributed by atoms with Crippen LogP contribution in [-0.4, -0.2) is 10.9 Å². The second-order valence-corrected chi connectivity index (χ2v) is 3.84. The van der Waals surface area contributed by atoms with Crippen molar-refractivity contribution in [3.8, 4) is 0 Å². The molecule has 1 fully saturated rings. The lowest BCUT2D eigenvalue weighted by Gasteiger charge is -2.23. The van der Waals surface area contributed by atoms with Gasteiger partial charge in [0.15, 0.2) is 0 Å². The molecule has 15 heavy (non-hydrogen) atoms. The maximum absolute atomic E-state index is 11.6. The van der Waals surface area contributed by atoms with Crippen LogP contribution in [0.4, 0.5) is 5.82 Å². The van der Waals surface area contributed by atoms with Gasteiger partial charge in [0.05, 0.1) is 5.69 Å². The SMILES string of the molecule is NCc1cccc(NC(=O)C2CCC2)n1. The number of nitrogens with zero attached hydrogens (tertiary/aromatic N) is 1. The fourth-order valence-electron chi connectivity index (χ4n) is 1.56. The zero-order chi connectivity index (χ0) is 10.7. The van der Waals surface area contributed by atoms with E-state index >= 15 is 0 Å². The summed E-state index contributed by atoms with van der Waals surface area (Å²) < 4.78 is 0. The Morgan fingerprint density at radius 3 is 2.93 bits per heavy atom. The predicted molar refractivity (Wildman–Crippen MR) is 58.1 cm³/mol. The molecule has 4 heteroatoms. The number of nitrogens with one attached hydrogen (secondary N) is 1. The summed E-state index contributed by atoms with van der Waals surface area (Å²) in [6.07, 6.45) is 3.17. The summed E-state index contributed by atoms with van der Waals surface area (Å²) in [6.45, 7) is 0.396. The molecule has 2 rings (SSSR count). The number of pyridine rings is 1. The van der Waals surface area contributed by atoms with Crippen molar-refractivity contribution in [3.05, 3.63) is 23.9 Å². The maximum Gasteiger partial charge on any atom is 0.228 e. The van der Waals surface area contributed by atoms with Crippen molar-refractivity contribution in [1.29, 1.82) is 0 Å². The molecule has 0 unspecified atom stereocenters. The average Bonchev–Trinajstić information content (AvgIpc) is 2.15. The molecule has 1 saturated carbocycles. The van der Waals surface area contributed by atoms with Crippen molar-refractivity contribution in [2.45, 2.75) is 25.8 Å². The van der Waals surface area contributed by atoms with Gasteiger partial charge in [0.1, 0.15) is 5.82 Å². The Bertz CT molecular complexity index is 361. The van der Waals surface area contributed by atoms with Gasteiger partial charge in [-0.05, 0) is 25.0 Å². The molecular weight excluding hydrogens is 190 g/mol. The van der Waals surface area contributed by atoms with Gasteiger partial charge >= 0.3 is 0 Å². The Balaban J connectivity index is 1.99. The standard InChI is InChI=1S/C11H15N3O/c12-7-9-5-2-6-10(13-9)14-11(15)8-3-1-4-8/h2,5-6,8H,1,3-4,7,12H2,(H,13,14,15). The first kappa shape index (κ1) is 10.1. The third-order valence-electron chi connectivity index (χ3n) is 2.74. The molecule has 0 spiro atoms. The van der Waals surface area contributed by atoms with E-state index in [0.717, 1.165) is 25.0 Å². The summed E-state index contributed by atoms with van der Waals surface area (Å²) in [7, 11) is 0. The van der Waals surface area contributed by atoms with Gasteiger partial charge in [-0.15, -0.1) is 0 Å². The minimum atomic E-state index is 0.0860. The number of hydrogen-bond acceptors (Lipinski definition) is 3. The first-order valence-corrected chi connectivity index (χ1v) is 5.26. The molecule has 0 aliphatic heterocycles. The molecular formula is C11H15N3O. The number of aromatic nitrogens is 1. The number of hydrogen-bond donors (Lipinski definition) is 2. The van der Waals surface area contributed by atoms with E-state index in [1.807, 2.05) is 12.1 Å². The van der Waals surface area contributed by atoms with Crippen molar-refractivity contribution in [1.82, 2.24) is 4.98 Å². The lowest BCUT2D eigenvalue weighted by atomic mass is 9.85. The van der Waals surface area contributed by atoms with Gasteiger partial charge in [-0.25, -0.2) is 4.98 Å². The van der Waals surface area contributed by atoms with Crippen molar-refractivity contribution >= 4 is 11.7 Å². The Morgan fingerprint density at radius 2 is 2.33 bits per heavy atom. The second-order valence-electron chi connectivity index (χ2n) is 3.84. The normalized spacial score (nSPS) is 15.8. The van der Waals surface area contributed by atoms with Crippen molar-refractivity contribution in [3.63, 3.8) is 0 Å². The summed E-state index contributed by atoms with van der Waals surface area (Å²) in [5, 5.41) is 2.81. The molecule has 1 aromatic heterocycles. The number of anilines is 1. The van der Waals surface area contributed by atoms with Crippen LogP contribution >= 0.6 is 0 Å². The molecule has 1 aromatic rings. The van der Waals surface area contributed by atoms with Crippen molar-refractivity contribution < 1.29 is 4.79 Å². The lowest BCUT2D eigenvalue weighted by molar-refractivity contribution is -0.122. The van der Waals surface area contributed by atoms with Gasteiger partial charge in [-0.1, -0.05) is 12.5 Å². The molecule has 4 nitrogen and oxygen atoms in total. The molecule has 0 bridgehead atoms.